The molecule has 0 unspecified atom stereocenters. The third-order valence-electron chi connectivity index (χ3n) is 6.26. The largest absolute Gasteiger partial charge is 0.461 e. The number of benzene rings is 2. The average molecular weight is 425 g/mol. The topological polar surface area (TPSA) is 62.6 Å². The maximum atomic E-state index is 14.2. The number of ketones is 1. The zero-order valence-electron chi connectivity index (χ0n) is 16.1. The maximum absolute atomic E-state index is 14.2. The number of nitrogens with one attached hydrogen (secondary N) is 1. The number of furan rings is 1. The maximum Gasteiger partial charge on any atom is 0.250 e. The Morgan fingerprint density at radius 2 is 2.00 bits per heavy atom. The Morgan fingerprint density at radius 3 is 2.70 bits per heavy atom. The highest BCUT2D eigenvalue weighted by Crippen LogP contribution is 2.55. The Morgan fingerprint density at radius 1 is 1.23 bits per heavy atom. The summed E-state index contributed by atoms with van der Waals surface area (Å²) in [4.78, 5) is 28.9. The number of carbonyl (C=O) groups excluding carboxylic acids is 2. The van der Waals surface area contributed by atoms with Crippen LogP contribution in [-0.2, 0) is 10.3 Å². The van der Waals surface area contributed by atoms with Gasteiger partial charge in [-0.3, -0.25) is 14.5 Å². The number of anilines is 1. The first kappa shape index (κ1) is 19.0. The Kier molecular flexibility index (Phi) is 4.31. The van der Waals surface area contributed by atoms with Crippen molar-refractivity contribution < 1.29 is 18.4 Å². The Bertz CT molecular complexity index is 1150. The number of amides is 1. The van der Waals surface area contributed by atoms with E-state index in [2.05, 4.69) is 5.32 Å². The fourth-order valence-corrected chi connectivity index (χ4v) is 5.12. The molecule has 3 atom stereocenters. The van der Waals surface area contributed by atoms with Crippen LogP contribution in [0.5, 0.6) is 0 Å². The van der Waals surface area contributed by atoms with Gasteiger partial charge in [0.15, 0.2) is 5.76 Å². The summed E-state index contributed by atoms with van der Waals surface area (Å²) in [6.45, 7) is 0.433. The van der Waals surface area contributed by atoms with E-state index >= 15 is 0 Å². The number of Topliss-reactive ketones (excluding diaryl/α,β-unsaturated/α-hetero) is 1. The lowest BCUT2D eigenvalue weighted by atomic mass is 9.71. The molecule has 2 aliphatic heterocycles. The molecule has 0 saturated carbocycles. The molecule has 5 rings (SSSR count). The van der Waals surface area contributed by atoms with Crippen molar-refractivity contribution >= 4 is 29.0 Å². The Labute approximate surface area is 177 Å². The highest BCUT2D eigenvalue weighted by atomic mass is 35.5. The van der Waals surface area contributed by atoms with E-state index in [1.807, 2.05) is 17.0 Å². The van der Waals surface area contributed by atoms with Gasteiger partial charge in [0.1, 0.15) is 11.4 Å². The smallest absolute Gasteiger partial charge is 0.250 e. The minimum Gasteiger partial charge on any atom is -0.461 e. The van der Waals surface area contributed by atoms with Gasteiger partial charge in [-0.15, -0.1) is 0 Å². The molecule has 152 valence electrons. The third kappa shape index (κ3) is 2.57. The van der Waals surface area contributed by atoms with Crippen LogP contribution in [0.25, 0.3) is 0 Å². The monoisotopic (exact) mass is 424 g/mol. The van der Waals surface area contributed by atoms with Gasteiger partial charge in [-0.2, -0.15) is 0 Å². The molecule has 0 bridgehead atoms. The first-order chi connectivity index (χ1) is 14.4. The van der Waals surface area contributed by atoms with E-state index in [1.54, 1.807) is 31.3 Å². The number of hydrogen-bond acceptors (Lipinski definition) is 4. The molecule has 0 aliphatic carbocycles. The van der Waals surface area contributed by atoms with Crippen LogP contribution in [0.2, 0.25) is 5.02 Å². The normalized spacial score (nSPS) is 25.5. The average Bonchev–Trinajstić information content (AvgIpc) is 3.42. The van der Waals surface area contributed by atoms with E-state index in [4.69, 9.17) is 16.0 Å². The van der Waals surface area contributed by atoms with E-state index in [-0.39, 0.29) is 23.4 Å². The number of fused-ring (bicyclic) bond motifs is 2. The van der Waals surface area contributed by atoms with Crippen molar-refractivity contribution in [2.75, 3.05) is 18.9 Å². The van der Waals surface area contributed by atoms with Crippen molar-refractivity contribution in [3.05, 3.63) is 88.6 Å². The standard InChI is InChI=1S/C23H18ClFN2O3/c1-27-12-16(13-4-6-14(24)7-5-13)20(21(28)19-3-2-10-30-19)23(27)17-11-15(25)8-9-18(17)26-22(23)29/h2-11,16,20H,12H2,1H3,(H,26,29)/t16-,20+,23+/m1/s1. The first-order valence-electron chi connectivity index (χ1n) is 9.59. The SMILES string of the molecule is CN1C[C@H](c2ccc(Cl)cc2)[C@@H](C(=O)c2ccco2)[C@@]12C(=O)Nc1ccc(F)cc12. The molecule has 5 nitrogen and oxygen atoms in total. The van der Waals surface area contributed by atoms with Crippen molar-refractivity contribution in [2.24, 2.45) is 5.92 Å². The molecule has 1 saturated heterocycles. The predicted molar refractivity (Wildman–Crippen MR) is 110 cm³/mol. The molecule has 2 aromatic carbocycles. The summed E-state index contributed by atoms with van der Waals surface area (Å²) in [6, 6.07) is 14.7. The van der Waals surface area contributed by atoms with Gasteiger partial charge in [0.2, 0.25) is 11.7 Å². The molecule has 1 aromatic heterocycles. The fourth-order valence-electron chi connectivity index (χ4n) is 4.99. The van der Waals surface area contributed by atoms with Crippen LogP contribution in [0.1, 0.15) is 27.6 Å². The lowest BCUT2D eigenvalue weighted by Gasteiger charge is -2.35. The summed E-state index contributed by atoms with van der Waals surface area (Å²) < 4.78 is 19.6. The van der Waals surface area contributed by atoms with Crippen LogP contribution in [0.3, 0.4) is 0 Å². The zero-order valence-corrected chi connectivity index (χ0v) is 16.8. The Hall–Kier alpha value is -2.96. The summed E-state index contributed by atoms with van der Waals surface area (Å²) >= 11 is 6.06. The van der Waals surface area contributed by atoms with Crippen molar-refractivity contribution in [3.63, 3.8) is 0 Å². The summed E-state index contributed by atoms with van der Waals surface area (Å²) in [5.74, 6) is -2.05. The van der Waals surface area contributed by atoms with E-state index < -0.39 is 17.3 Å². The molecule has 1 spiro atoms. The van der Waals surface area contributed by atoms with E-state index in [0.717, 1.165) is 5.56 Å². The molecule has 3 aromatic rings. The minimum absolute atomic E-state index is 0.172. The molecule has 0 radical (unpaired) electrons. The molecule has 2 aliphatic rings. The van der Waals surface area contributed by atoms with Gasteiger partial charge in [0.25, 0.3) is 0 Å². The summed E-state index contributed by atoms with van der Waals surface area (Å²) in [5.41, 5.74) is 0.523. The van der Waals surface area contributed by atoms with Crippen molar-refractivity contribution in [1.29, 1.82) is 0 Å². The summed E-state index contributed by atoms with van der Waals surface area (Å²) in [5, 5.41) is 3.43. The van der Waals surface area contributed by atoms with E-state index in [0.29, 0.717) is 22.8 Å². The van der Waals surface area contributed by atoms with Gasteiger partial charge in [-0.25, -0.2) is 4.39 Å². The number of carbonyl (C=O) groups is 2. The van der Waals surface area contributed by atoms with Crippen LogP contribution in [0.15, 0.2) is 65.3 Å². The van der Waals surface area contributed by atoms with Gasteiger partial charge in [0.05, 0.1) is 12.2 Å². The van der Waals surface area contributed by atoms with Crippen molar-refractivity contribution in [2.45, 2.75) is 11.5 Å². The molecule has 7 heteroatoms. The number of nitrogens with zero attached hydrogens (tertiary/aromatic N) is 1. The van der Waals surface area contributed by atoms with Crippen LogP contribution >= 0.6 is 11.6 Å². The number of halogens is 2. The number of likely N-dealkylation sites (tertiary alicyclic amines) is 1. The lowest BCUT2D eigenvalue weighted by Crippen LogP contribution is -2.51. The second-order valence-electron chi connectivity index (χ2n) is 7.77. The number of likely N-dealkylation sites (N-methyl/N-ethyl adjacent to an activating group) is 1. The summed E-state index contributed by atoms with van der Waals surface area (Å²) in [6.07, 6.45) is 1.43. The molecular formula is C23H18ClFN2O3. The van der Waals surface area contributed by atoms with Gasteiger partial charge in [-0.1, -0.05) is 23.7 Å². The second-order valence-corrected chi connectivity index (χ2v) is 8.20. The molecule has 1 fully saturated rings. The van der Waals surface area contributed by atoms with Crippen molar-refractivity contribution in [3.8, 4) is 0 Å². The fraction of sp³-hybridized carbons (Fsp3) is 0.217. The predicted octanol–water partition coefficient (Wildman–Crippen LogP) is 4.45. The molecule has 30 heavy (non-hydrogen) atoms. The molecule has 1 amide bonds. The second kappa shape index (κ2) is 6.79. The van der Waals surface area contributed by atoms with E-state index in [9.17, 15) is 14.0 Å². The lowest BCUT2D eigenvalue weighted by molar-refractivity contribution is -0.126. The molecule has 1 N–H and O–H groups in total. The van der Waals surface area contributed by atoms with Crippen molar-refractivity contribution in [1.82, 2.24) is 4.90 Å². The third-order valence-corrected chi connectivity index (χ3v) is 6.51. The van der Waals surface area contributed by atoms with Gasteiger partial charge < -0.3 is 9.73 Å². The van der Waals surface area contributed by atoms with Gasteiger partial charge >= 0.3 is 0 Å². The van der Waals surface area contributed by atoms with Crippen LogP contribution < -0.4 is 5.32 Å². The number of rotatable bonds is 3. The highest BCUT2D eigenvalue weighted by Gasteiger charge is 2.64. The van der Waals surface area contributed by atoms with E-state index in [1.165, 1.54) is 24.5 Å². The molecule has 3 heterocycles. The Balaban J connectivity index is 1.74. The number of hydrogen-bond donors (Lipinski definition) is 1. The zero-order chi connectivity index (χ0) is 21.0. The first-order valence-corrected chi connectivity index (χ1v) is 9.96. The minimum atomic E-state index is -1.34. The van der Waals surface area contributed by atoms with Crippen LogP contribution in [0, 0.1) is 11.7 Å². The highest BCUT2D eigenvalue weighted by molar-refractivity contribution is 6.30. The van der Waals surface area contributed by atoms with Crippen LogP contribution in [0.4, 0.5) is 10.1 Å². The van der Waals surface area contributed by atoms with Crippen LogP contribution in [-0.4, -0.2) is 30.2 Å². The van der Waals surface area contributed by atoms with Gasteiger partial charge in [0, 0.05) is 28.7 Å². The van der Waals surface area contributed by atoms with Gasteiger partial charge in [-0.05, 0) is 55.1 Å². The molecular weight excluding hydrogens is 407 g/mol. The summed E-state index contributed by atoms with van der Waals surface area (Å²) in [7, 11) is 1.79. The quantitative estimate of drug-likeness (QED) is 0.631.